The molecule has 0 aromatic carbocycles. The zero-order valence-corrected chi connectivity index (χ0v) is 27.4. The fourth-order valence-corrected chi connectivity index (χ4v) is 22.8. The molecule has 0 bridgehead atoms. The zero-order valence-electron chi connectivity index (χ0n) is 24.5. The van der Waals surface area contributed by atoms with E-state index >= 15 is 0 Å². The van der Waals surface area contributed by atoms with Gasteiger partial charge in [0.05, 0.1) is 0 Å². The maximum absolute atomic E-state index is 13.3. The van der Waals surface area contributed by atoms with Crippen molar-refractivity contribution in [1.29, 1.82) is 0 Å². The molecule has 0 saturated carbocycles. The summed E-state index contributed by atoms with van der Waals surface area (Å²) in [5.41, 5.74) is -0.148. The van der Waals surface area contributed by atoms with Gasteiger partial charge in [-0.05, 0) is 0 Å². The Labute approximate surface area is 229 Å². The maximum atomic E-state index is 13.3. The van der Waals surface area contributed by atoms with E-state index in [1.54, 1.807) is 6.08 Å². The van der Waals surface area contributed by atoms with Gasteiger partial charge in [0, 0.05) is 0 Å². The molecule has 0 spiro atoms. The summed E-state index contributed by atoms with van der Waals surface area (Å²) in [4.78, 5) is 37.9. The number of hydrogen-bond acceptors (Lipinski definition) is 6. The predicted octanol–water partition coefficient (Wildman–Crippen LogP) is 7.40. The standard InChI is InChI=1S/C18H25O6.3C4H9.Sn/c1-12(2)10-11-18(16(20)22-4,17(21)23-5)14-6-8-15(9-7-14)24-13(3)19;3*1-3-4-2;/h6,8,10,14-15H,1,7,9,11H2,2-5H3;3*1,3-4H2,2H3;/b12-10+;;;;/t14-,15+;;;;/m0..../s1. The molecule has 0 aliphatic heterocycles. The summed E-state index contributed by atoms with van der Waals surface area (Å²) in [5.74, 6) is -1.87. The molecular weight excluding hydrogens is 575 g/mol. The summed E-state index contributed by atoms with van der Waals surface area (Å²) in [7, 11) is 2.65. The molecule has 0 fully saturated rings. The Balaban J connectivity index is 3.33. The molecule has 0 aromatic rings. The Bertz CT molecular complexity index is 749. The molecule has 2 atom stereocenters. The predicted molar refractivity (Wildman–Crippen MR) is 152 cm³/mol. The second-order valence-electron chi connectivity index (χ2n) is 10.9. The first-order chi connectivity index (χ1) is 17.6. The Hall–Kier alpha value is -1.31. The quantitative estimate of drug-likeness (QED) is 0.0550. The molecule has 1 rings (SSSR count). The van der Waals surface area contributed by atoms with Crippen LogP contribution in [0.5, 0.6) is 0 Å². The number of rotatable bonds is 17. The van der Waals surface area contributed by atoms with E-state index in [1.165, 1.54) is 83.0 Å². The molecular formula is C30H52O6Sn. The Morgan fingerprint density at radius 2 is 1.38 bits per heavy atom. The molecule has 0 aromatic heterocycles. The summed E-state index contributed by atoms with van der Waals surface area (Å²) in [6.45, 7) is 10.4. The molecule has 0 unspecified atom stereocenters. The van der Waals surface area contributed by atoms with Gasteiger partial charge in [0.25, 0.3) is 0 Å². The molecule has 0 saturated heterocycles. The van der Waals surface area contributed by atoms with Gasteiger partial charge in [-0.1, -0.05) is 0 Å². The van der Waals surface area contributed by atoms with Crippen LogP contribution in [0.1, 0.15) is 92.4 Å². The van der Waals surface area contributed by atoms with Crippen LogP contribution in [-0.4, -0.2) is 56.6 Å². The zero-order chi connectivity index (χ0) is 27.9. The number of carbonyl (C=O) groups is 3. The second kappa shape index (κ2) is 17.3. The van der Waals surface area contributed by atoms with Crippen molar-refractivity contribution in [2.24, 2.45) is 11.3 Å². The van der Waals surface area contributed by atoms with E-state index in [0.29, 0.717) is 12.8 Å². The van der Waals surface area contributed by atoms with E-state index in [4.69, 9.17) is 14.2 Å². The van der Waals surface area contributed by atoms with E-state index in [9.17, 15) is 14.4 Å². The van der Waals surface area contributed by atoms with Crippen LogP contribution in [0.3, 0.4) is 0 Å². The fraction of sp³-hybridized carbons (Fsp3) is 0.767. The van der Waals surface area contributed by atoms with Crippen LogP contribution in [0.4, 0.5) is 0 Å². The van der Waals surface area contributed by atoms with Crippen LogP contribution in [0.2, 0.25) is 17.7 Å². The SMILES string of the molecule is CCC[CH2][Sn]([CH2]CCC)([CH2]CCC)[CH2]/C(C)=C\CC(C(=O)OC)(C(=O)OC)[C@H]1C=C[C@@H](OC(C)=O)CC1. The summed E-state index contributed by atoms with van der Waals surface area (Å²) >= 11 is -2.42. The van der Waals surface area contributed by atoms with Crippen molar-refractivity contribution >= 4 is 36.3 Å². The molecule has 0 N–H and O–H groups in total. The number of allylic oxidation sites excluding steroid dienone is 3. The van der Waals surface area contributed by atoms with Gasteiger partial charge >= 0.3 is 230 Å². The molecule has 1 aliphatic rings. The van der Waals surface area contributed by atoms with Gasteiger partial charge < -0.3 is 0 Å². The first kappa shape index (κ1) is 33.7. The van der Waals surface area contributed by atoms with E-state index in [-0.39, 0.29) is 18.5 Å². The van der Waals surface area contributed by atoms with Gasteiger partial charge in [-0.15, -0.1) is 0 Å². The number of hydrogen-bond donors (Lipinski definition) is 0. The monoisotopic (exact) mass is 628 g/mol. The Kier molecular flexibility index (Phi) is 15.8. The van der Waals surface area contributed by atoms with Gasteiger partial charge in [-0.3, -0.25) is 0 Å². The van der Waals surface area contributed by atoms with Crippen LogP contribution in [-0.2, 0) is 28.6 Å². The van der Waals surface area contributed by atoms with Crippen molar-refractivity contribution in [1.82, 2.24) is 0 Å². The van der Waals surface area contributed by atoms with Crippen LogP contribution in [0, 0.1) is 11.3 Å². The molecule has 37 heavy (non-hydrogen) atoms. The molecule has 0 heterocycles. The molecule has 212 valence electrons. The average Bonchev–Trinajstić information content (AvgIpc) is 2.89. The fourth-order valence-electron chi connectivity index (χ4n) is 5.88. The van der Waals surface area contributed by atoms with E-state index in [1.807, 2.05) is 6.08 Å². The van der Waals surface area contributed by atoms with E-state index < -0.39 is 41.6 Å². The molecule has 7 heteroatoms. The summed E-state index contributed by atoms with van der Waals surface area (Å²) < 4.78 is 21.1. The molecule has 1 aliphatic carbocycles. The number of ether oxygens (including phenoxy) is 3. The van der Waals surface area contributed by atoms with Crippen LogP contribution in [0.25, 0.3) is 0 Å². The van der Waals surface area contributed by atoms with E-state index in [2.05, 4.69) is 33.8 Å². The molecule has 0 amide bonds. The number of carbonyl (C=O) groups excluding carboxylic acids is 3. The normalized spacial score (nSPS) is 18.4. The van der Waals surface area contributed by atoms with Crippen molar-refractivity contribution in [3.8, 4) is 0 Å². The third-order valence-corrected chi connectivity index (χ3v) is 23.8. The van der Waals surface area contributed by atoms with E-state index in [0.717, 1.165) is 0 Å². The average molecular weight is 627 g/mol. The first-order valence-corrected chi connectivity index (χ1v) is 22.4. The van der Waals surface area contributed by atoms with Gasteiger partial charge in [0.1, 0.15) is 0 Å². The second-order valence-corrected chi connectivity index (χ2v) is 24.8. The molecule has 0 radical (unpaired) electrons. The van der Waals surface area contributed by atoms with Crippen molar-refractivity contribution < 1.29 is 28.6 Å². The number of methoxy groups -OCH3 is 2. The van der Waals surface area contributed by atoms with Crippen LogP contribution in [0.15, 0.2) is 23.8 Å². The summed E-state index contributed by atoms with van der Waals surface area (Å²) in [5, 5.41) is 0. The van der Waals surface area contributed by atoms with Gasteiger partial charge in [0.2, 0.25) is 0 Å². The van der Waals surface area contributed by atoms with Crippen molar-refractivity contribution in [3.05, 3.63) is 23.8 Å². The van der Waals surface area contributed by atoms with Gasteiger partial charge in [0.15, 0.2) is 0 Å². The first-order valence-electron chi connectivity index (χ1n) is 14.3. The molecule has 6 nitrogen and oxygen atoms in total. The van der Waals surface area contributed by atoms with Crippen LogP contribution >= 0.6 is 0 Å². The topological polar surface area (TPSA) is 78.9 Å². The van der Waals surface area contributed by atoms with Crippen molar-refractivity contribution in [2.75, 3.05) is 14.2 Å². The van der Waals surface area contributed by atoms with Crippen molar-refractivity contribution in [3.63, 3.8) is 0 Å². The van der Waals surface area contributed by atoms with Crippen LogP contribution < -0.4 is 0 Å². The third-order valence-electron chi connectivity index (χ3n) is 7.98. The minimum absolute atomic E-state index is 0.253. The number of esters is 3. The minimum atomic E-state index is -2.42. The van der Waals surface area contributed by atoms with Gasteiger partial charge in [-0.2, -0.15) is 0 Å². The van der Waals surface area contributed by atoms with Gasteiger partial charge in [-0.25, -0.2) is 0 Å². The Morgan fingerprint density at radius 3 is 1.76 bits per heavy atom. The summed E-state index contributed by atoms with van der Waals surface area (Å²) in [6, 6.07) is 0. The third kappa shape index (κ3) is 10.1. The Morgan fingerprint density at radius 1 is 0.865 bits per heavy atom. The number of unbranched alkanes of at least 4 members (excludes halogenated alkanes) is 3. The van der Waals surface area contributed by atoms with Crippen molar-refractivity contribution in [2.45, 2.75) is 116 Å². The summed E-state index contributed by atoms with van der Waals surface area (Å²) in [6.07, 6.45) is 14.3.